The number of nitrogens with zero attached hydrogens (tertiary/aromatic N) is 3. The van der Waals surface area contributed by atoms with Gasteiger partial charge in [0.1, 0.15) is 5.82 Å². The maximum atomic E-state index is 6.35. The van der Waals surface area contributed by atoms with Crippen molar-refractivity contribution in [1.82, 2.24) is 14.5 Å². The molecule has 0 saturated heterocycles. The van der Waals surface area contributed by atoms with E-state index in [1.54, 1.807) is 11.3 Å². The molecule has 20 heavy (non-hydrogen) atoms. The fraction of sp³-hybridized carbons (Fsp3) is 0.286. The molecule has 1 aromatic carbocycles. The van der Waals surface area contributed by atoms with Crippen LogP contribution in [0.15, 0.2) is 23.7 Å². The Balaban J connectivity index is 2.15. The number of thiazole rings is 1. The molecule has 0 radical (unpaired) electrons. The Kier molecular flexibility index (Phi) is 3.96. The number of aryl methyl sites for hydroxylation is 2. The molecule has 0 aliphatic rings. The van der Waals surface area contributed by atoms with E-state index in [1.165, 1.54) is 4.88 Å². The molecule has 6 heteroatoms. The largest absolute Gasteiger partial charge is 0.321 e. The molecule has 0 amide bonds. The molecule has 2 aromatic heterocycles. The van der Waals surface area contributed by atoms with Gasteiger partial charge in [0.2, 0.25) is 0 Å². The first kappa shape index (κ1) is 13.9. The standard InChI is InChI=1S/C14H13Cl2N3S/c1-9-12(20-8-17-9)7-19-13(5-6-15)18-11-4-2-3-10(16)14(11)19/h2-4,8H,5-7H2,1H3. The lowest BCUT2D eigenvalue weighted by Gasteiger charge is -2.08. The molecule has 0 aliphatic heterocycles. The number of fused-ring (bicyclic) bond motifs is 1. The second-order valence-electron chi connectivity index (χ2n) is 4.52. The van der Waals surface area contributed by atoms with Crippen molar-refractivity contribution >= 4 is 45.6 Å². The first-order chi connectivity index (χ1) is 9.70. The van der Waals surface area contributed by atoms with Gasteiger partial charge in [-0.2, -0.15) is 0 Å². The summed E-state index contributed by atoms with van der Waals surface area (Å²) in [4.78, 5) is 10.2. The average Bonchev–Trinajstić information content (AvgIpc) is 2.97. The van der Waals surface area contributed by atoms with Gasteiger partial charge in [-0.05, 0) is 19.1 Å². The zero-order valence-corrected chi connectivity index (χ0v) is 13.3. The van der Waals surface area contributed by atoms with Crippen molar-refractivity contribution in [3.05, 3.63) is 45.1 Å². The summed E-state index contributed by atoms with van der Waals surface area (Å²) >= 11 is 13.9. The Bertz CT molecular complexity index is 748. The normalized spacial score (nSPS) is 11.3. The molecule has 3 nitrogen and oxygen atoms in total. The van der Waals surface area contributed by atoms with Crippen LogP contribution in [0.5, 0.6) is 0 Å². The smallest absolute Gasteiger partial charge is 0.111 e. The molecule has 0 spiro atoms. The van der Waals surface area contributed by atoms with Crippen LogP contribution in [0.25, 0.3) is 11.0 Å². The monoisotopic (exact) mass is 325 g/mol. The molecule has 0 atom stereocenters. The minimum absolute atomic E-state index is 0.544. The maximum absolute atomic E-state index is 6.35. The van der Waals surface area contributed by atoms with E-state index in [9.17, 15) is 0 Å². The molecule has 0 unspecified atom stereocenters. The number of benzene rings is 1. The van der Waals surface area contributed by atoms with Gasteiger partial charge in [0, 0.05) is 17.2 Å². The highest BCUT2D eigenvalue weighted by Gasteiger charge is 2.14. The Hall–Kier alpha value is -1.10. The topological polar surface area (TPSA) is 30.7 Å². The lowest BCUT2D eigenvalue weighted by molar-refractivity contribution is 0.758. The molecule has 3 rings (SSSR count). The van der Waals surface area contributed by atoms with Gasteiger partial charge in [-0.15, -0.1) is 22.9 Å². The first-order valence-corrected chi connectivity index (χ1v) is 8.08. The summed E-state index contributed by atoms with van der Waals surface area (Å²) in [7, 11) is 0. The Morgan fingerprint density at radius 2 is 2.20 bits per heavy atom. The van der Waals surface area contributed by atoms with Crippen LogP contribution < -0.4 is 0 Å². The summed E-state index contributed by atoms with van der Waals surface area (Å²) in [5.41, 5.74) is 4.81. The number of hydrogen-bond donors (Lipinski definition) is 0. The van der Waals surface area contributed by atoms with Crippen LogP contribution in [0.3, 0.4) is 0 Å². The van der Waals surface area contributed by atoms with Gasteiger partial charge in [0.25, 0.3) is 0 Å². The molecular weight excluding hydrogens is 313 g/mol. The van der Waals surface area contributed by atoms with Crippen molar-refractivity contribution in [2.24, 2.45) is 0 Å². The highest BCUT2D eigenvalue weighted by Crippen LogP contribution is 2.27. The van der Waals surface area contributed by atoms with Gasteiger partial charge < -0.3 is 4.57 Å². The van der Waals surface area contributed by atoms with Gasteiger partial charge in [-0.1, -0.05) is 17.7 Å². The van der Waals surface area contributed by atoms with Crippen molar-refractivity contribution in [2.45, 2.75) is 19.9 Å². The summed E-state index contributed by atoms with van der Waals surface area (Å²) < 4.78 is 2.15. The number of alkyl halides is 1. The Morgan fingerprint density at radius 1 is 1.35 bits per heavy atom. The van der Waals surface area contributed by atoms with Gasteiger partial charge in [0.15, 0.2) is 0 Å². The van der Waals surface area contributed by atoms with E-state index in [0.29, 0.717) is 5.88 Å². The van der Waals surface area contributed by atoms with Crippen molar-refractivity contribution in [3.8, 4) is 0 Å². The average molecular weight is 326 g/mol. The fourth-order valence-corrected chi connectivity index (χ4v) is 3.46. The van der Waals surface area contributed by atoms with Crippen LogP contribution in [-0.4, -0.2) is 20.4 Å². The fourth-order valence-electron chi connectivity index (χ4n) is 2.26. The number of rotatable bonds is 4. The second-order valence-corrected chi connectivity index (χ2v) is 6.25. The predicted molar refractivity (Wildman–Crippen MR) is 85.1 cm³/mol. The number of para-hydroxylation sites is 1. The number of hydrogen-bond acceptors (Lipinski definition) is 3. The van der Waals surface area contributed by atoms with E-state index in [0.717, 1.165) is 40.5 Å². The van der Waals surface area contributed by atoms with Gasteiger partial charge in [-0.25, -0.2) is 9.97 Å². The number of aromatic nitrogens is 3. The zero-order valence-electron chi connectivity index (χ0n) is 10.9. The van der Waals surface area contributed by atoms with Crippen molar-refractivity contribution < 1.29 is 0 Å². The van der Waals surface area contributed by atoms with E-state index in [1.807, 2.05) is 30.6 Å². The molecule has 0 saturated carbocycles. The number of halogens is 2. The van der Waals surface area contributed by atoms with Gasteiger partial charge in [-0.3, -0.25) is 0 Å². The maximum Gasteiger partial charge on any atom is 0.111 e. The van der Waals surface area contributed by atoms with Crippen LogP contribution >= 0.6 is 34.5 Å². The summed E-state index contributed by atoms with van der Waals surface area (Å²) in [6, 6.07) is 5.80. The zero-order chi connectivity index (χ0) is 14.1. The van der Waals surface area contributed by atoms with Crippen LogP contribution in [0.4, 0.5) is 0 Å². The Morgan fingerprint density at radius 3 is 2.90 bits per heavy atom. The molecule has 2 heterocycles. The van der Waals surface area contributed by atoms with Crippen LogP contribution in [0.2, 0.25) is 5.02 Å². The minimum atomic E-state index is 0.544. The molecule has 0 bridgehead atoms. The third-order valence-electron chi connectivity index (χ3n) is 3.26. The highest BCUT2D eigenvalue weighted by atomic mass is 35.5. The molecular formula is C14H13Cl2N3S. The third kappa shape index (κ3) is 2.43. The SMILES string of the molecule is Cc1ncsc1Cn1c(CCCl)nc2cccc(Cl)c21. The lowest BCUT2D eigenvalue weighted by Crippen LogP contribution is -2.06. The van der Waals surface area contributed by atoms with Crippen molar-refractivity contribution in [1.29, 1.82) is 0 Å². The molecule has 0 aliphatic carbocycles. The minimum Gasteiger partial charge on any atom is -0.321 e. The quantitative estimate of drug-likeness (QED) is 0.670. The summed E-state index contributed by atoms with van der Waals surface area (Å²) in [5.74, 6) is 1.51. The van der Waals surface area contributed by atoms with Crippen molar-refractivity contribution in [3.63, 3.8) is 0 Å². The summed E-state index contributed by atoms with van der Waals surface area (Å²) in [6.07, 6.45) is 0.727. The summed E-state index contributed by atoms with van der Waals surface area (Å²) in [5, 5.41) is 0.720. The number of imidazole rings is 1. The van der Waals surface area contributed by atoms with Gasteiger partial charge >= 0.3 is 0 Å². The highest BCUT2D eigenvalue weighted by molar-refractivity contribution is 7.09. The van der Waals surface area contributed by atoms with E-state index >= 15 is 0 Å². The lowest BCUT2D eigenvalue weighted by atomic mass is 10.3. The molecule has 3 aromatic rings. The van der Waals surface area contributed by atoms with Crippen molar-refractivity contribution in [2.75, 3.05) is 5.88 Å². The van der Waals surface area contributed by atoms with Crippen LogP contribution in [0.1, 0.15) is 16.4 Å². The van der Waals surface area contributed by atoms with E-state index in [2.05, 4.69) is 14.5 Å². The second kappa shape index (κ2) is 5.72. The van der Waals surface area contributed by atoms with Crippen LogP contribution in [-0.2, 0) is 13.0 Å². The van der Waals surface area contributed by atoms with E-state index in [-0.39, 0.29) is 0 Å². The first-order valence-electron chi connectivity index (χ1n) is 6.29. The molecule has 0 N–H and O–H groups in total. The van der Waals surface area contributed by atoms with Crippen LogP contribution in [0, 0.1) is 6.92 Å². The van der Waals surface area contributed by atoms with E-state index < -0.39 is 0 Å². The summed E-state index contributed by atoms with van der Waals surface area (Å²) in [6.45, 7) is 2.76. The predicted octanol–water partition coefficient (Wildman–Crippen LogP) is 4.28. The van der Waals surface area contributed by atoms with Gasteiger partial charge in [0.05, 0.1) is 33.8 Å². The Labute approximate surface area is 131 Å². The van der Waals surface area contributed by atoms with E-state index in [4.69, 9.17) is 23.2 Å². The third-order valence-corrected chi connectivity index (χ3v) is 4.67. The molecule has 104 valence electrons. The molecule has 0 fully saturated rings.